The number of carbonyl (C=O) groups excluding carboxylic acids is 8. The van der Waals surface area contributed by atoms with Crippen molar-refractivity contribution in [1.29, 1.82) is 0 Å². The van der Waals surface area contributed by atoms with Crippen LogP contribution in [-0.2, 0) is 89.5 Å². The second-order valence-electron chi connectivity index (χ2n) is 17.5. The van der Waals surface area contributed by atoms with E-state index in [-0.39, 0.29) is 87.4 Å². The van der Waals surface area contributed by atoms with E-state index in [1.54, 1.807) is 0 Å². The number of hydrogen-bond acceptors (Lipinski definition) is 26. The summed E-state index contributed by atoms with van der Waals surface area (Å²) < 4.78 is 57.3. The van der Waals surface area contributed by atoms with Crippen LogP contribution in [0.4, 0.5) is 0 Å². The molecule has 0 saturated heterocycles. The highest BCUT2D eigenvalue weighted by Gasteiger charge is 2.37. The van der Waals surface area contributed by atoms with Crippen molar-refractivity contribution in [1.82, 2.24) is 14.7 Å². The van der Waals surface area contributed by atoms with Crippen LogP contribution < -0.4 is 0 Å². The van der Waals surface area contributed by atoms with Gasteiger partial charge in [0.15, 0.2) is 0 Å². The molecule has 0 rings (SSSR count). The smallest absolute Gasteiger partial charge is 0.463 e. The van der Waals surface area contributed by atoms with E-state index in [0.717, 1.165) is 0 Å². The molecular formula is C49H81N3O23Si. The van der Waals surface area contributed by atoms with Crippen LogP contribution in [0, 0.1) is 0 Å². The van der Waals surface area contributed by atoms with Crippen molar-refractivity contribution in [2.45, 2.75) is 83.8 Å². The number of aliphatic hydroxyl groups is 4. The van der Waals surface area contributed by atoms with Gasteiger partial charge < -0.3 is 81.4 Å². The first kappa shape index (κ1) is 70.5. The third-order valence-corrected chi connectivity index (χ3v) is 13.2. The molecular weight excluding hydrogens is 1030 g/mol. The number of carbonyl (C=O) groups is 8. The number of ether oxygens (including phenoxy) is 8. The average molecular weight is 1110 g/mol. The molecule has 0 aliphatic carbocycles. The maximum Gasteiger partial charge on any atom is 0.500 e. The largest absolute Gasteiger partial charge is 0.500 e. The van der Waals surface area contributed by atoms with Crippen molar-refractivity contribution in [2.75, 3.05) is 133 Å². The van der Waals surface area contributed by atoms with Gasteiger partial charge in [0.05, 0.1) is 25.8 Å². The Labute approximate surface area is 445 Å². The fraction of sp³-hybridized carbons (Fsp3) is 0.673. The van der Waals surface area contributed by atoms with Gasteiger partial charge in [0.2, 0.25) is 0 Å². The predicted octanol–water partition coefficient (Wildman–Crippen LogP) is -0.575. The Kier molecular flexibility index (Phi) is 37.0. The molecule has 4 atom stereocenters. The third kappa shape index (κ3) is 34.3. The van der Waals surface area contributed by atoms with E-state index in [4.69, 9.17) is 51.2 Å². The van der Waals surface area contributed by atoms with Gasteiger partial charge in [-0.25, -0.2) is 19.2 Å². The van der Waals surface area contributed by atoms with Gasteiger partial charge in [0.1, 0.15) is 77.3 Å². The zero-order chi connectivity index (χ0) is 57.8. The summed E-state index contributed by atoms with van der Waals surface area (Å²) in [5.41, 5.74) is 0.428. The topological polar surface area (TPSA) is 329 Å². The first-order chi connectivity index (χ1) is 35.8. The first-order valence-electron chi connectivity index (χ1n) is 24.2. The number of esters is 8. The Morgan fingerprint density at radius 2 is 0.632 bits per heavy atom. The molecule has 0 spiro atoms. The first-order valence-corrected chi connectivity index (χ1v) is 26.2. The summed E-state index contributed by atoms with van der Waals surface area (Å²) >= 11 is 0. The Balaban J connectivity index is 6.47. The fourth-order valence-corrected chi connectivity index (χ4v) is 7.61. The highest BCUT2D eigenvalue weighted by atomic mass is 28.4. The lowest BCUT2D eigenvalue weighted by Crippen LogP contribution is -2.44. The molecule has 0 aliphatic heterocycles. The predicted molar refractivity (Wildman–Crippen MR) is 270 cm³/mol. The molecule has 0 fully saturated rings. The molecule has 0 amide bonds. The molecule has 0 aromatic carbocycles. The zero-order valence-electron chi connectivity index (χ0n) is 45.1. The van der Waals surface area contributed by atoms with Gasteiger partial charge >= 0.3 is 56.6 Å². The van der Waals surface area contributed by atoms with Crippen LogP contribution in [0.25, 0.3) is 0 Å². The molecule has 0 heterocycles. The third-order valence-electron chi connectivity index (χ3n) is 10.4. The second kappa shape index (κ2) is 39.8. The van der Waals surface area contributed by atoms with E-state index in [1.807, 2.05) is 9.80 Å². The lowest BCUT2D eigenvalue weighted by molar-refractivity contribution is -0.154. The number of rotatable bonds is 44. The van der Waals surface area contributed by atoms with Gasteiger partial charge in [-0.1, -0.05) is 26.3 Å². The summed E-state index contributed by atoms with van der Waals surface area (Å²) in [5.74, 6) is -5.97. The van der Waals surface area contributed by atoms with Gasteiger partial charge in [-0.15, -0.1) is 0 Å². The zero-order valence-corrected chi connectivity index (χ0v) is 46.1. The quantitative estimate of drug-likeness (QED) is 0.0257. The van der Waals surface area contributed by atoms with E-state index in [9.17, 15) is 58.8 Å². The van der Waals surface area contributed by atoms with Crippen molar-refractivity contribution in [3.8, 4) is 0 Å². The molecule has 0 aliphatic rings. The summed E-state index contributed by atoms with van der Waals surface area (Å²) in [6.07, 6.45) is -5.55. The average Bonchev–Trinajstić information content (AvgIpc) is 3.38. The lowest BCUT2D eigenvalue weighted by atomic mass is 10.3. The highest BCUT2D eigenvalue weighted by Crippen LogP contribution is 2.16. The van der Waals surface area contributed by atoms with E-state index in [1.165, 1.54) is 53.9 Å². The van der Waals surface area contributed by atoms with Crippen LogP contribution in [-0.4, -0.2) is 249 Å². The maximum absolute atomic E-state index is 13.2. The van der Waals surface area contributed by atoms with Gasteiger partial charge in [-0.2, -0.15) is 0 Å². The minimum absolute atomic E-state index is 0.0413. The van der Waals surface area contributed by atoms with Crippen molar-refractivity contribution < 1.29 is 110 Å². The van der Waals surface area contributed by atoms with Crippen LogP contribution in [0.15, 0.2) is 48.6 Å². The van der Waals surface area contributed by atoms with Gasteiger partial charge in [0.25, 0.3) is 0 Å². The normalized spacial score (nSPS) is 12.9. The summed E-state index contributed by atoms with van der Waals surface area (Å²) in [6.45, 7) is 16.4. The van der Waals surface area contributed by atoms with E-state index >= 15 is 0 Å². The Bertz CT molecular complexity index is 1890. The highest BCUT2D eigenvalue weighted by molar-refractivity contribution is 6.60. The molecule has 0 aromatic rings. The van der Waals surface area contributed by atoms with E-state index in [2.05, 4.69) is 26.3 Å². The lowest BCUT2D eigenvalue weighted by Gasteiger charge is -2.30. The summed E-state index contributed by atoms with van der Waals surface area (Å²) in [6, 6.07) is 0.395. The van der Waals surface area contributed by atoms with E-state index < -0.39 is 140 Å². The molecule has 0 aromatic heterocycles. The Hall–Kier alpha value is -5.46. The van der Waals surface area contributed by atoms with Gasteiger partial charge in [-0.05, 0) is 40.7 Å². The van der Waals surface area contributed by atoms with Gasteiger partial charge in [-0.3, -0.25) is 24.1 Å². The molecule has 76 heavy (non-hydrogen) atoms. The number of hydrogen-bond donors (Lipinski definition) is 4. The Morgan fingerprint density at radius 3 is 0.921 bits per heavy atom. The summed E-state index contributed by atoms with van der Waals surface area (Å²) in [7, 11) is 1.39. The van der Waals surface area contributed by atoms with Crippen LogP contribution in [0.1, 0.15) is 53.4 Å². The Morgan fingerprint density at radius 1 is 0.382 bits per heavy atom. The van der Waals surface area contributed by atoms with Gasteiger partial charge in [0, 0.05) is 95.5 Å². The number of nitrogens with zero attached hydrogens (tertiary/aromatic N) is 3. The fourth-order valence-electron chi connectivity index (χ4n) is 5.90. The van der Waals surface area contributed by atoms with Crippen LogP contribution in [0.3, 0.4) is 0 Å². The molecule has 0 radical (unpaired) electrons. The van der Waals surface area contributed by atoms with Crippen LogP contribution in [0.2, 0.25) is 6.04 Å². The summed E-state index contributed by atoms with van der Waals surface area (Å²) in [5, 5.41) is 41.0. The standard InChI is InChI=1S/C49H81N3O23Si/c1-34(2)46(61)72-30-38(53)26-68-42(57)13-17-50(16-12-24-76(65-9,66-10)67-11)20-21-51(18-14-43(58)69-27-39(54)31-73-47(62)35(3)4)22-23-52(25-45(60)71-29-41(56)33-75-49(64)37(7)8)19-15-44(59)70-28-40(55)32-74-48(63)36(5)6/h38-41,53-56H,1,3,5,7,12-33H2,2,4,6,8-11H3. The van der Waals surface area contributed by atoms with Crippen molar-refractivity contribution in [3.05, 3.63) is 48.6 Å². The molecule has 0 bridgehead atoms. The van der Waals surface area contributed by atoms with Crippen molar-refractivity contribution >= 4 is 56.6 Å². The molecule has 4 N–H and O–H groups in total. The molecule has 26 nitrogen and oxygen atoms in total. The SMILES string of the molecule is C=C(C)C(=O)OCC(O)COC(=O)CCN(CCC[Si](OC)(OC)OC)CCN(CCC(=O)OCC(O)COC(=O)C(=C)C)CCN(CCC(=O)OCC(O)COC(=O)C(=C)C)CC(=O)OCC(O)COC(=O)C(=C)C. The van der Waals surface area contributed by atoms with Crippen LogP contribution in [0.5, 0.6) is 0 Å². The van der Waals surface area contributed by atoms with Crippen molar-refractivity contribution in [3.63, 3.8) is 0 Å². The van der Waals surface area contributed by atoms with Crippen LogP contribution >= 0.6 is 0 Å². The minimum atomic E-state index is -3.02. The summed E-state index contributed by atoms with van der Waals surface area (Å²) in [4.78, 5) is 104. The minimum Gasteiger partial charge on any atom is -0.463 e. The molecule has 27 heteroatoms. The van der Waals surface area contributed by atoms with E-state index in [0.29, 0.717) is 19.0 Å². The van der Waals surface area contributed by atoms with Crippen molar-refractivity contribution in [2.24, 2.45) is 0 Å². The monoisotopic (exact) mass is 1110 g/mol. The molecule has 4 unspecified atom stereocenters. The maximum atomic E-state index is 13.2. The molecule has 0 saturated carbocycles. The molecule has 434 valence electrons. The number of aliphatic hydroxyl groups excluding tert-OH is 4. The second-order valence-corrected chi connectivity index (χ2v) is 20.6.